The first-order valence-electron chi connectivity index (χ1n) is 8.43. The number of Topliss-reactive ketones (excluding diaryl/α,β-unsaturated/α-hetero) is 1. The number of hydrogen-bond acceptors (Lipinski definition) is 5. The van der Waals surface area contributed by atoms with E-state index in [9.17, 15) is 9.59 Å². The minimum Gasteiger partial charge on any atom is -0.444 e. The lowest BCUT2D eigenvalue weighted by Gasteiger charge is -2.43. The van der Waals surface area contributed by atoms with Crippen molar-refractivity contribution >= 4 is 17.7 Å². The standard InChI is InChI=1S/C18H25N3O3/c1-11-9-20(17(23)24-18(3,4)5)10-14-8-13-6-7-15(12(2)22)19-16(13)21(11)14/h6-7,11,14H,8-10H2,1-5H3/t11-,14-/m1/s1. The number of rotatable bonds is 1. The molecule has 3 rings (SSSR count). The highest BCUT2D eigenvalue weighted by Crippen LogP contribution is 2.35. The number of fused-ring (bicyclic) bond motifs is 3. The Morgan fingerprint density at radius 2 is 1.96 bits per heavy atom. The third-order valence-electron chi connectivity index (χ3n) is 4.45. The molecule has 1 fully saturated rings. The van der Waals surface area contributed by atoms with E-state index < -0.39 is 5.60 Å². The first kappa shape index (κ1) is 16.7. The highest BCUT2D eigenvalue weighted by atomic mass is 16.6. The zero-order chi connectivity index (χ0) is 17.6. The van der Waals surface area contributed by atoms with Gasteiger partial charge in [-0.3, -0.25) is 4.79 Å². The summed E-state index contributed by atoms with van der Waals surface area (Å²) < 4.78 is 5.51. The van der Waals surface area contributed by atoms with Crippen LogP contribution in [0.3, 0.4) is 0 Å². The second-order valence-corrected chi connectivity index (χ2v) is 7.73. The van der Waals surface area contributed by atoms with Gasteiger partial charge in [-0.25, -0.2) is 9.78 Å². The maximum atomic E-state index is 12.4. The van der Waals surface area contributed by atoms with Gasteiger partial charge in [0.25, 0.3) is 0 Å². The fourth-order valence-electron chi connectivity index (χ4n) is 3.51. The number of piperazine rings is 1. The number of amides is 1. The van der Waals surface area contributed by atoms with E-state index in [-0.39, 0.29) is 24.0 Å². The number of carbonyl (C=O) groups excluding carboxylic acids is 2. The molecule has 130 valence electrons. The van der Waals surface area contributed by atoms with Gasteiger partial charge in [-0.1, -0.05) is 6.07 Å². The second-order valence-electron chi connectivity index (χ2n) is 7.73. The summed E-state index contributed by atoms with van der Waals surface area (Å²) in [5.41, 5.74) is 1.15. The molecule has 1 saturated heterocycles. The van der Waals surface area contributed by atoms with Gasteiger partial charge < -0.3 is 14.5 Å². The Morgan fingerprint density at radius 3 is 2.58 bits per heavy atom. The fourth-order valence-corrected chi connectivity index (χ4v) is 3.51. The quantitative estimate of drug-likeness (QED) is 0.740. The number of aromatic nitrogens is 1. The Hall–Kier alpha value is -2.11. The van der Waals surface area contributed by atoms with Gasteiger partial charge in [0.1, 0.15) is 17.1 Å². The van der Waals surface area contributed by atoms with Gasteiger partial charge in [0.2, 0.25) is 0 Å². The predicted molar refractivity (Wildman–Crippen MR) is 91.5 cm³/mol. The third-order valence-corrected chi connectivity index (χ3v) is 4.45. The highest BCUT2D eigenvalue weighted by Gasteiger charge is 2.41. The molecule has 0 unspecified atom stereocenters. The minimum atomic E-state index is -0.492. The molecule has 6 nitrogen and oxygen atoms in total. The van der Waals surface area contributed by atoms with E-state index >= 15 is 0 Å². The van der Waals surface area contributed by atoms with Crippen molar-refractivity contribution in [2.75, 3.05) is 18.0 Å². The monoisotopic (exact) mass is 331 g/mol. The van der Waals surface area contributed by atoms with Crippen LogP contribution in [0.2, 0.25) is 0 Å². The van der Waals surface area contributed by atoms with Crippen molar-refractivity contribution < 1.29 is 14.3 Å². The van der Waals surface area contributed by atoms with Crippen LogP contribution in [-0.2, 0) is 11.2 Å². The molecule has 1 aromatic heterocycles. The van der Waals surface area contributed by atoms with Gasteiger partial charge >= 0.3 is 6.09 Å². The van der Waals surface area contributed by atoms with Gasteiger partial charge in [0, 0.05) is 26.1 Å². The minimum absolute atomic E-state index is 0.0266. The van der Waals surface area contributed by atoms with Crippen LogP contribution >= 0.6 is 0 Å². The maximum Gasteiger partial charge on any atom is 0.410 e. The number of nitrogens with zero attached hydrogens (tertiary/aromatic N) is 3. The number of pyridine rings is 1. The molecule has 2 atom stereocenters. The summed E-state index contributed by atoms with van der Waals surface area (Å²) in [7, 11) is 0. The molecule has 2 aliphatic rings. The summed E-state index contributed by atoms with van der Waals surface area (Å²) >= 11 is 0. The van der Waals surface area contributed by atoms with Crippen molar-refractivity contribution in [3.8, 4) is 0 Å². The molecule has 0 spiro atoms. The van der Waals surface area contributed by atoms with E-state index in [1.807, 2.05) is 26.8 Å². The number of ether oxygens (including phenoxy) is 1. The molecule has 0 bridgehead atoms. The van der Waals surface area contributed by atoms with Crippen LogP contribution in [0.15, 0.2) is 12.1 Å². The van der Waals surface area contributed by atoms with Crippen molar-refractivity contribution in [3.05, 3.63) is 23.4 Å². The van der Waals surface area contributed by atoms with Crippen molar-refractivity contribution in [1.29, 1.82) is 0 Å². The fraction of sp³-hybridized carbons (Fsp3) is 0.611. The van der Waals surface area contributed by atoms with Crippen LogP contribution in [0.1, 0.15) is 50.7 Å². The molecule has 1 amide bonds. The van der Waals surface area contributed by atoms with Gasteiger partial charge in [0.15, 0.2) is 5.78 Å². The molecule has 0 saturated carbocycles. The SMILES string of the molecule is CC(=O)c1ccc2c(n1)N1[C@H](C2)CN(C(=O)OC(C)(C)C)C[C@H]1C. The van der Waals surface area contributed by atoms with Crippen molar-refractivity contribution in [2.45, 2.75) is 58.7 Å². The van der Waals surface area contributed by atoms with E-state index in [0.717, 1.165) is 17.8 Å². The third kappa shape index (κ3) is 3.09. The second kappa shape index (κ2) is 5.76. The lowest BCUT2D eigenvalue weighted by molar-refractivity contribution is 0.0191. The van der Waals surface area contributed by atoms with E-state index in [1.165, 1.54) is 6.92 Å². The topological polar surface area (TPSA) is 62.7 Å². The zero-order valence-electron chi connectivity index (χ0n) is 15.0. The molecule has 0 aromatic carbocycles. The van der Waals surface area contributed by atoms with E-state index in [1.54, 1.807) is 11.0 Å². The smallest absolute Gasteiger partial charge is 0.410 e. The number of anilines is 1. The Kier molecular flexibility index (Phi) is 4.01. The summed E-state index contributed by atoms with van der Waals surface area (Å²) in [6.07, 6.45) is 0.576. The normalized spacial score (nSPS) is 22.9. The maximum absolute atomic E-state index is 12.4. The lowest BCUT2D eigenvalue weighted by Crippen LogP contribution is -2.58. The first-order chi connectivity index (χ1) is 11.2. The summed E-state index contributed by atoms with van der Waals surface area (Å²) in [6.45, 7) is 10.5. The molecular weight excluding hydrogens is 306 g/mol. The molecule has 2 aliphatic heterocycles. The number of carbonyl (C=O) groups is 2. The zero-order valence-corrected chi connectivity index (χ0v) is 15.0. The largest absolute Gasteiger partial charge is 0.444 e. The average molecular weight is 331 g/mol. The van der Waals surface area contributed by atoms with Gasteiger partial charge in [-0.2, -0.15) is 0 Å². The van der Waals surface area contributed by atoms with Gasteiger partial charge in [0.05, 0.1) is 6.04 Å². The molecule has 0 N–H and O–H groups in total. The lowest BCUT2D eigenvalue weighted by atomic mass is 10.1. The van der Waals surface area contributed by atoms with Gasteiger partial charge in [-0.05, 0) is 45.7 Å². The van der Waals surface area contributed by atoms with E-state index in [4.69, 9.17) is 4.74 Å². The molecule has 1 aromatic rings. The van der Waals surface area contributed by atoms with Crippen LogP contribution in [0.4, 0.5) is 10.6 Å². The van der Waals surface area contributed by atoms with Crippen LogP contribution in [0.25, 0.3) is 0 Å². The predicted octanol–water partition coefficient (Wildman–Crippen LogP) is 2.65. The first-order valence-corrected chi connectivity index (χ1v) is 8.43. The summed E-state index contributed by atoms with van der Waals surface area (Å²) in [5, 5.41) is 0. The highest BCUT2D eigenvalue weighted by molar-refractivity contribution is 5.92. The summed E-state index contributed by atoms with van der Waals surface area (Å²) in [4.78, 5) is 32.6. The molecule has 6 heteroatoms. The molecular formula is C18H25N3O3. The summed E-state index contributed by atoms with van der Waals surface area (Å²) in [6, 6.07) is 4.09. The summed E-state index contributed by atoms with van der Waals surface area (Å²) in [5.74, 6) is 0.866. The van der Waals surface area contributed by atoms with Crippen molar-refractivity contribution in [3.63, 3.8) is 0 Å². The van der Waals surface area contributed by atoms with Crippen LogP contribution in [-0.4, -0.2) is 52.5 Å². The molecule has 3 heterocycles. The number of ketones is 1. The Morgan fingerprint density at radius 1 is 1.25 bits per heavy atom. The van der Waals surface area contributed by atoms with Crippen LogP contribution < -0.4 is 4.90 Å². The molecule has 0 aliphatic carbocycles. The average Bonchev–Trinajstić information content (AvgIpc) is 2.82. The van der Waals surface area contributed by atoms with Crippen molar-refractivity contribution in [2.24, 2.45) is 0 Å². The Labute approximate surface area is 142 Å². The van der Waals surface area contributed by atoms with Crippen molar-refractivity contribution in [1.82, 2.24) is 9.88 Å². The molecule has 0 radical (unpaired) electrons. The Bertz CT molecular complexity index is 681. The van der Waals surface area contributed by atoms with Gasteiger partial charge in [-0.15, -0.1) is 0 Å². The molecule has 24 heavy (non-hydrogen) atoms. The number of hydrogen-bond donors (Lipinski definition) is 0. The Balaban J connectivity index is 1.80. The van der Waals surface area contributed by atoms with E-state index in [2.05, 4.69) is 16.8 Å². The van der Waals surface area contributed by atoms with Crippen LogP contribution in [0, 0.1) is 0 Å². The van der Waals surface area contributed by atoms with E-state index in [0.29, 0.717) is 18.8 Å². The van der Waals surface area contributed by atoms with Crippen LogP contribution in [0.5, 0.6) is 0 Å².